The Morgan fingerprint density at radius 1 is 1.42 bits per heavy atom. The molecule has 3 aliphatic rings. The molecule has 24 heavy (non-hydrogen) atoms. The molecule has 2 unspecified atom stereocenters. The fourth-order valence-electron chi connectivity index (χ4n) is 3.31. The number of carbonyl (C=O) groups is 1. The predicted octanol–water partition coefficient (Wildman–Crippen LogP) is 1.54. The summed E-state index contributed by atoms with van der Waals surface area (Å²) in [7, 11) is 0.520. The van der Waals surface area contributed by atoms with Crippen LogP contribution < -0.4 is 5.32 Å². The van der Waals surface area contributed by atoms with Crippen molar-refractivity contribution >= 4 is 19.9 Å². The molecule has 1 amide bonds. The molecule has 1 N–H and O–H groups in total. The van der Waals surface area contributed by atoms with Crippen LogP contribution in [0.4, 0.5) is 0 Å². The van der Waals surface area contributed by atoms with E-state index in [-0.39, 0.29) is 11.7 Å². The summed E-state index contributed by atoms with van der Waals surface area (Å²) in [5, 5.41) is 3.45. The van der Waals surface area contributed by atoms with Crippen molar-refractivity contribution in [1.29, 1.82) is 0 Å². The van der Waals surface area contributed by atoms with Gasteiger partial charge >= 0.3 is 0 Å². The van der Waals surface area contributed by atoms with Crippen molar-refractivity contribution in [3.05, 3.63) is 48.3 Å². The molecular weight excluding hydrogens is 321 g/mol. The summed E-state index contributed by atoms with van der Waals surface area (Å²) < 4.78 is 1.97. The topological polar surface area (TPSA) is 53.4 Å². The Kier molecular flexibility index (Phi) is 4.02. The predicted molar refractivity (Wildman–Crippen MR) is 96.4 cm³/mol. The van der Waals surface area contributed by atoms with Crippen LogP contribution in [0.5, 0.6) is 0 Å². The lowest BCUT2D eigenvalue weighted by atomic mass is 10.2. The van der Waals surface area contributed by atoms with Gasteiger partial charge in [-0.25, -0.2) is 4.98 Å². The molecule has 1 fully saturated rings. The highest BCUT2D eigenvalue weighted by atomic mass is 31.1. The Balaban J connectivity index is 1.56. The van der Waals surface area contributed by atoms with Gasteiger partial charge in [-0.15, -0.1) is 0 Å². The zero-order valence-corrected chi connectivity index (χ0v) is 14.9. The highest BCUT2D eigenvalue weighted by Gasteiger charge is 2.30. The van der Waals surface area contributed by atoms with Gasteiger partial charge in [0.1, 0.15) is 0 Å². The third kappa shape index (κ3) is 2.92. The molecular formula is C17H22N5OP. The van der Waals surface area contributed by atoms with Crippen LogP contribution in [-0.4, -0.2) is 56.7 Å². The summed E-state index contributed by atoms with van der Waals surface area (Å²) in [4.78, 5) is 21.1. The van der Waals surface area contributed by atoms with Gasteiger partial charge in [0.25, 0.3) is 5.91 Å². The highest BCUT2D eigenvalue weighted by Crippen LogP contribution is 2.41. The Hall–Kier alpha value is -1.91. The Labute approximate surface area is 143 Å². The van der Waals surface area contributed by atoms with Gasteiger partial charge in [-0.05, 0) is 28.5 Å². The fourth-order valence-corrected chi connectivity index (χ4v) is 4.62. The van der Waals surface area contributed by atoms with Crippen LogP contribution in [0, 0.1) is 6.92 Å². The van der Waals surface area contributed by atoms with E-state index in [0.29, 0.717) is 14.6 Å². The molecule has 0 aliphatic carbocycles. The SMILES string of the molecule is Cc1cn(C2=CC(=O)N3C=C(N4CCN[C@@H](C)C4)C=CC3P2)cn1. The molecule has 126 valence electrons. The van der Waals surface area contributed by atoms with Crippen molar-refractivity contribution in [3.8, 4) is 0 Å². The van der Waals surface area contributed by atoms with Gasteiger partial charge < -0.3 is 19.7 Å². The average molecular weight is 343 g/mol. The van der Waals surface area contributed by atoms with Gasteiger partial charge in [-0.2, -0.15) is 0 Å². The molecule has 1 aromatic rings. The number of carbonyl (C=O) groups excluding carboxylic acids is 1. The number of amides is 1. The molecule has 0 saturated carbocycles. The first-order valence-corrected chi connectivity index (χ1v) is 9.38. The second-order valence-electron chi connectivity index (χ2n) is 6.50. The van der Waals surface area contributed by atoms with Crippen molar-refractivity contribution in [3.63, 3.8) is 0 Å². The van der Waals surface area contributed by atoms with Crippen LogP contribution in [0.1, 0.15) is 12.6 Å². The zero-order chi connectivity index (χ0) is 16.7. The van der Waals surface area contributed by atoms with Crippen LogP contribution >= 0.6 is 8.58 Å². The van der Waals surface area contributed by atoms with E-state index in [9.17, 15) is 4.79 Å². The Morgan fingerprint density at radius 3 is 3.04 bits per heavy atom. The molecule has 1 saturated heterocycles. The largest absolute Gasteiger partial charge is 0.368 e. The average Bonchev–Trinajstić information content (AvgIpc) is 3.01. The van der Waals surface area contributed by atoms with E-state index in [0.717, 1.165) is 36.5 Å². The second kappa shape index (κ2) is 6.19. The van der Waals surface area contributed by atoms with Crippen molar-refractivity contribution in [2.45, 2.75) is 25.7 Å². The minimum absolute atomic E-state index is 0.0464. The van der Waals surface area contributed by atoms with E-state index in [4.69, 9.17) is 0 Å². The Morgan fingerprint density at radius 2 is 2.29 bits per heavy atom. The van der Waals surface area contributed by atoms with Crippen molar-refractivity contribution in [1.82, 2.24) is 24.7 Å². The quantitative estimate of drug-likeness (QED) is 0.828. The number of aryl methyl sites for hydroxylation is 1. The Bertz CT molecular complexity index is 750. The second-order valence-corrected chi connectivity index (χ2v) is 7.89. The van der Waals surface area contributed by atoms with E-state index in [1.807, 2.05) is 28.8 Å². The first-order chi connectivity index (χ1) is 11.6. The summed E-state index contributed by atoms with van der Waals surface area (Å²) in [6.45, 7) is 7.08. The highest BCUT2D eigenvalue weighted by molar-refractivity contribution is 7.51. The third-order valence-electron chi connectivity index (χ3n) is 4.55. The molecule has 0 bridgehead atoms. The molecule has 3 atom stereocenters. The number of imidazole rings is 1. The minimum atomic E-state index is 0.0464. The smallest absolute Gasteiger partial charge is 0.253 e. The standard InChI is InChI=1S/C17H22N5OP/c1-12-8-20(6-5-18-12)14-3-4-16-22(10-14)15(23)7-17(24-16)21-9-13(2)19-11-21/h3-4,7,9-12,16,18,24H,5-6,8H2,1-2H3/t12-,16?/m0/s1. The number of aromatic nitrogens is 2. The first kappa shape index (κ1) is 15.6. The molecule has 3 aliphatic heterocycles. The molecule has 0 spiro atoms. The maximum absolute atomic E-state index is 12.6. The van der Waals surface area contributed by atoms with Crippen LogP contribution in [0.3, 0.4) is 0 Å². The normalized spacial score (nSPS) is 28.0. The lowest BCUT2D eigenvalue weighted by Crippen LogP contribution is -2.49. The number of hydrogen-bond donors (Lipinski definition) is 1. The number of piperazine rings is 1. The van der Waals surface area contributed by atoms with E-state index in [1.165, 1.54) is 0 Å². The van der Waals surface area contributed by atoms with Crippen molar-refractivity contribution in [2.24, 2.45) is 0 Å². The molecule has 4 rings (SSSR count). The summed E-state index contributed by atoms with van der Waals surface area (Å²) >= 11 is 0. The van der Waals surface area contributed by atoms with Gasteiger partial charge in [-0.1, -0.05) is 6.08 Å². The molecule has 7 heteroatoms. The lowest BCUT2D eigenvalue weighted by Gasteiger charge is -2.39. The maximum Gasteiger partial charge on any atom is 0.253 e. The van der Waals surface area contributed by atoms with E-state index in [1.54, 1.807) is 12.4 Å². The van der Waals surface area contributed by atoms with Crippen LogP contribution in [0.2, 0.25) is 0 Å². The minimum Gasteiger partial charge on any atom is -0.368 e. The summed E-state index contributed by atoms with van der Waals surface area (Å²) in [5.74, 6) is 0.162. The first-order valence-electron chi connectivity index (χ1n) is 8.30. The number of hydrogen-bond acceptors (Lipinski definition) is 4. The number of allylic oxidation sites excluding steroid dienone is 1. The van der Waals surface area contributed by atoms with Crippen LogP contribution in [0.25, 0.3) is 5.44 Å². The number of rotatable bonds is 2. The number of nitrogens with zero attached hydrogens (tertiary/aromatic N) is 4. The van der Waals surface area contributed by atoms with Gasteiger partial charge in [0.05, 0.1) is 28.9 Å². The van der Waals surface area contributed by atoms with Gasteiger partial charge in [-0.3, -0.25) is 4.79 Å². The van der Waals surface area contributed by atoms with Gasteiger partial charge in [0.15, 0.2) is 0 Å². The van der Waals surface area contributed by atoms with Gasteiger partial charge in [0, 0.05) is 44.1 Å². The molecule has 4 heterocycles. The van der Waals surface area contributed by atoms with E-state index < -0.39 is 0 Å². The fraction of sp³-hybridized carbons (Fsp3) is 0.412. The van der Waals surface area contributed by atoms with Crippen LogP contribution in [0.15, 0.2) is 42.6 Å². The summed E-state index contributed by atoms with van der Waals surface area (Å²) in [5.41, 5.74) is 3.12. The summed E-state index contributed by atoms with van der Waals surface area (Å²) in [6, 6.07) is 0.473. The molecule has 6 nitrogen and oxygen atoms in total. The monoisotopic (exact) mass is 343 g/mol. The third-order valence-corrected chi connectivity index (χ3v) is 6.02. The van der Waals surface area contributed by atoms with Gasteiger partial charge in [0.2, 0.25) is 0 Å². The van der Waals surface area contributed by atoms with Crippen LogP contribution in [-0.2, 0) is 4.79 Å². The van der Waals surface area contributed by atoms with E-state index in [2.05, 4.69) is 34.3 Å². The lowest BCUT2D eigenvalue weighted by molar-refractivity contribution is -0.123. The summed E-state index contributed by atoms with van der Waals surface area (Å²) in [6.07, 6.45) is 11.8. The van der Waals surface area contributed by atoms with E-state index >= 15 is 0 Å². The molecule has 1 aromatic heterocycles. The number of nitrogens with one attached hydrogen (secondary N) is 1. The number of fused-ring (bicyclic) bond motifs is 1. The van der Waals surface area contributed by atoms with Crippen molar-refractivity contribution < 1.29 is 4.79 Å². The molecule has 0 radical (unpaired) electrons. The molecule has 0 aromatic carbocycles. The zero-order valence-electron chi connectivity index (χ0n) is 13.9. The maximum atomic E-state index is 12.6. The van der Waals surface area contributed by atoms with Crippen molar-refractivity contribution in [2.75, 3.05) is 19.6 Å².